The van der Waals surface area contributed by atoms with E-state index < -0.39 is 6.10 Å². The molecule has 2 heterocycles. The number of aliphatic hydroxyl groups excluding tert-OH is 1. The second-order valence-corrected chi connectivity index (χ2v) is 4.85. The maximum absolute atomic E-state index is 12.2. The topological polar surface area (TPSA) is 56.7 Å². The highest BCUT2D eigenvalue weighted by Gasteiger charge is 2.23. The van der Waals surface area contributed by atoms with Gasteiger partial charge >= 0.3 is 0 Å². The van der Waals surface area contributed by atoms with Gasteiger partial charge in [-0.05, 0) is 25.0 Å². The Hall–Kier alpha value is -1.62. The molecule has 0 aromatic carbocycles. The summed E-state index contributed by atoms with van der Waals surface area (Å²) in [6.07, 6.45) is 2.84. The summed E-state index contributed by atoms with van der Waals surface area (Å²) in [5.41, 5.74) is 0.578. The number of likely N-dealkylation sites (tertiary alicyclic amines) is 1. The lowest BCUT2D eigenvalue weighted by molar-refractivity contribution is 0.0473. The van der Waals surface area contributed by atoms with Crippen molar-refractivity contribution in [2.45, 2.75) is 18.9 Å². The molecule has 1 fully saturated rings. The number of rotatable bonds is 2. The van der Waals surface area contributed by atoms with Gasteiger partial charge in [-0.2, -0.15) is 0 Å². The second-order valence-electron chi connectivity index (χ2n) is 4.85. The van der Waals surface area contributed by atoms with Crippen LogP contribution in [0.15, 0.2) is 18.3 Å². The number of β-amino-alcohol motifs (C(OH)–C–C–N with tert-alkyl or cyclic N) is 1. The molecule has 1 unspecified atom stereocenters. The maximum atomic E-state index is 12.2. The minimum absolute atomic E-state index is 0.0495. The molecule has 1 amide bonds. The van der Waals surface area contributed by atoms with Crippen LogP contribution in [0.3, 0.4) is 0 Å². The number of carbonyl (C=O) groups is 1. The molecule has 1 aliphatic heterocycles. The summed E-state index contributed by atoms with van der Waals surface area (Å²) >= 11 is 0. The molecule has 1 aromatic rings. The summed E-state index contributed by atoms with van der Waals surface area (Å²) < 4.78 is 0. The summed E-state index contributed by atoms with van der Waals surface area (Å²) in [7, 11) is 3.82. The van der Waals surface area contributed by atoms with Gasteiger partial charge in [-0.1, -0.05) is 0 Å². The van der Waals surface area contributed by atoms with E-state index in [4.69, 9.17) is 0 Å². The lowest BCUT2D eigenvalue weighted by Gasteiger charge is -2.30. The normalized spacial score (nSPS) is 19.7. The van der Waals surface area contributed by atoms with Crippen LogP contribution >= 0.6 is 0 Å². The molecule has 0 spiro atoms. The van der Waals surface area contributed by atoms with Gasteiger partial charge in [-0.25, -0.2) is 4.98 Å². The third-order valence-electron chi connectivity index (χ3n) is 3.14. The van der Waals surface area contributed by atoms with Gasteiger partial charge in [0.2, 0.25) is 0 Å². The van der Waals surface area contributed by atoms with Crippen molar-refractivity contribution in [3.63, 3.8) is 0 Å². The van der Waals surface area contributed by atoms with Gasteiger partial charge in [0, 0.05) is 33.4 Å². The largest absolute Gasteiger partial charge is 0.391 e. The number of piperidine rings is 1. The standard InChI is InChI=1S/C13H19N3O2/c1-15(2)12-6-5-10(8-14-12)13(18)16-7-3-4-11(17)9-16/h5-6,8,11,17H,3-4,7,9H2,1-2H3. The van der Waals surface area contributed by atoms with Crippen LogP contribution in [0.1, 0.15) is 23.2 Å². The number of aromatic nitrogens is 1. The predicted octanol–water partition coefficient (Wildman–Crippen LogP) is 0.745. The van der Waals surface area contributed by atoms with Gasteiger partial charge in [-0.3, -0.25) is 4.79 Å². The average molecular weight is 249 g/mol. The Bertz CT molecular complexity index is 417. The summed E-state index contributed by atoms with van der Waals surface area (Å²) in [4.78, 5) is 20.0. The van der Waals surface area contributed by atoms with Crippen LogP contribution in [0.5, 0.6) is 0 Å². The van der Waals surface area contributed by atoms with Crippen molar-refractivity contribution in [2.24, 2.45) is 0 Å². The van der Waals surface area contributed by atoms with Crippen molar-refractivity contribution < 1.29 is 9.90 Å². The van der Waals surface area contributed by atoms with E-state index in [9.17, 15) is 9.90 Å². The first-order valence-corrected chi connectivity index (χ1v) is 6.18. The van der Waals surface area contributed by atoms with Crippen LogP contribution in [-0.4, -0.2) is 54.2 Å². The van der Waals surface area contributed by atoms with E-state index in [1.807, 2.05) is 25.1 Å². The quantitative estimate of drug-likeness (QED) is 0.840. The third-order valence-corrected chi connectivity index (χ3v) is 3.14. The van der Waals surface area contributed by atoms with Gasteiger partial charge in [-0.15, -0.1) is 0 Å². The number of hydrogen-bond donors (Lipinski definition) is 1. The SMILES string of the molecule is CN(C)c1ccc(C(=O)N2CCCC(O)C2)cn1. The van der Waals surface area contributed by atoms with E-state index in [2.05, 4.69) is 4.98 Å². The van der Waals surface area contributed by atoms with Crippen molar-refractivity contribution in [3.05, 3.63) is 23.9 Å². The highest BCUT2D eigenvalue weighted by Crippen LogP contribution is 2.15. The highest BCUT2D eigenvalue weighted by molar-refractivity contribution is 5.94. The highest BCUT2D eigenvalue weighted by atomic mass is 16.3. The zero-order valence-electron chi connectivity index (χ0n) is 10.8. The molecular formula is C13H19N3O2. The molecule has 0 saturated carbocycles. The van der Waals surface area contributed by atoms with Crippen LogP contribution in [-0.2, 0) is 0 Å². The summed E-state index contributed by atoms with van der Waals surface area (Å²) in [5, 5.41) is 9.58. The van der Waals surface area contributed by atoms with E-state index in [-0.39, 0.29) is 5.91 Å². The molecule has 0 bridgehead atoms. The molecule has 1 saturated heterocycles. The van der Waals surface area contributed by atoms with E-state index in [1.54, 1.807) is 17.2 Å². The molecular weight excluding hydrogens is 230 g/mol. The lowest BCUT2D eigenvalue weighted by Crippen LogP contribution is -2.42. The van der Waals surface area contributed by atoms with Crippen molar-refractivity contribution in [2.75, 3.05) is 32.1 Å². The molecule has 2 rings (SSSR count). The second kappa shape index (κ2) is 5.35. The van der Waals surface area contributed by atoms with Crippen LogP contribution in [0.4, 0.5) is 5.82 Å². The number of pyridine rings is 1. The summed E-state index contributed by atoms with van der Waals surface area (Å²) in [6.45, 7) is 1.14. The molecule has 98 valence electrons. The van der Waals surface area contributed by atoms with Crippen LogP contribution < -0.4 is 4.90 Å². The number of aliphatic hydroxyl groups is 1. The van der Waals surface area contributed by atoms with Crippen molar-refractivity contribution in [3.8, 4) is 0 Å². The molecule has 1 aliphatic rings. The molecule has 1 aromatic heterocycles. The van der Waals surface area contributed by atoms with Crippen molar-refractivity contribution in [1.29, 1.82) is 0 Å². The number of carbonyl (C=O) groups excluding carboxylic acids is 1. The Kier molecular flexibility index (Phi) is 3.81. The summed E-state index contributed by atoms with van der Waals surface area (Å²) in [6, 6.07) is 3.61. The van der Waals surface area contributed by atoms with E-state index in [1.165, 1.54) is 0 Å². The number of hydrogen-bond acceptors (Lipinski definition) is 4. The van der Waals surface area contributed by atoms with Crippen LogP contribution in [0.2, 0.25) is 0 Å². The van der Waals surface area contributed by atoms with Gasteiger partial charge < -0.3 is 14.9 Å². The number of amides is 1. The first kappa shape index (κ1) is 12.8. The molecule has 18 heavy (non-hydrogen) atoms. The molecule has 1 N–H and O–H groups in total. The van der Waals surface area contributed by atoms with Crippen LogP contribution in [0.25, 0.3) is 0 Å². The van der Waals surface area contributed by atoms with E-state index >= 15 is 0 Å². The third kappa shape index (κ3) is 2.79. The van der Waals surface area contributed by atoms with Gasteiger partial charge in [0.15, 0.2) is 0 Å². The molecule has 1 atom stereocenters. The van der Waals surface area contributed by atoms with Gasteiger partial charge in [0.1, 0.15) is 5.82 Å². The fraction of sp³-hybridized carbons (Fsp3) is 0.538. The first-order valence-electron chi connectivity index (χ1n) is 6.18. The van der Waals surface area contributed by atoms with Crippen molar-refractivity contribution >= 4 is 11.7 Å². The summed E-state index contributed by atoms with van der Waals surface area (Å²) in [5.74, 6) is 0.775. The Morgan fingerprint density at radius 1 is 1.50 bits per heavy atom. The number of anilines is 1. The first-order chi connectivity index (χ1) is 8.58. The molecule has 5 heteroatoms. The Labute approximate surface area is 107 Å². The smallest absolute Gasteiger partial charge is 0.255 e. The predicted molar refractivity (Wildman–Crippen MR) is 69.7 cm³/mol. The maximum Gasteiger partial charge on any atom is 0.255 e. The van der Waals surface area contributed by atoms with Gasteiger partial charge in [0.25, 0.3) is 5.91 Å². The average Bonchev–Trinajstić information content (AvgIpc) is 2.38. The van der Waals surface area contributed by atoms with E-state index in [0.29, 0.717) is 18.7 Å². The fourth-order valence-electron chi connectivity index (χ4n) is 2.10. The van der Waals surface area contributed by atoms with Crippen molar-refractivity contribution in [1.82, 2.24) is 9.88 Å². The van der Waals surface area contributed by atoms with E-state index in [0.717, 1.165) is 18.7 Å². The molecule has 5 nitrogen and oxygen atoms in total. The minimum atomic E-state index is -0.392. The fourth-order valence-corrected chi connectivity index (χ4v) is 2.10. The Balaban J connectivity index is 2.08. The lowest BCUT2D eigenvalue weighted by atomic mass is 10.1. The van der Waals surface area contributed by atoms with Crippen LogP contribution in [0, 0.1) is 0 Å². The molecule has 0 aliphatic carbocycles. The van der Waals surface area contributed by atoms with Gasteiger partial charge in [0.05, 0.1) is 11.7 Å². The Morgan fingerprint density at radius 3 is 2.83 bits per heavy atom. The molecule has 0 radical (unpaired) electrons. The minimum Gasteiger partial charge on any atom is -0.391 e. The zero-order chi connectivity index (χ0) is 13.1. The Morgan fingerprint density at radius 2 is 2.28 bits per heavy atom. The zero-order valence-corrected chi connectivity index (χ0v) is 10.8. The monoisotopic (exact) mass is 249 g/mol. The number of nitrogens with zero attached hydrogens (tertiary/aromatic N) is 3.